The predicted molar refractivity (Wildman–Crippen MR) is 149 cm³/mol. The van der Waals surface area contributed by atoms with E-state index in [0.717, 1.165) is 10.6 Å². The lowest BCUT2D eigenvalue weighted by atomic mass is 10.1. The molecule has 8 nitrogen and oxygen atoms in total. The fraction of sp³-hybridized carbons (Fsp3) is 0.440. The van der Waals surface area contributed by atoms with Gasteiger partial charge in [-0.25, -0.2) is 8.42 Å². The van der Waals surface area contributed by atoms with Gasteiger partial charge >= 0.3 is 0 Å². The second-order valence-corrected chi connectivity index (χ2v) is 12.1. The summed E-state index contributed by atoms with van der Waals surface area (Å²) in [5.41, 5.74) is 0.824. The van der Waals surface area contributed by atoms with Gasteiger partial charge in [-0.05, 0) is 48.2 Å². The molecule has 37 heavy (non-hydrogen) atoms. The van der Waals surface area contributed by atoms with Crippen LogP contribution in [0.3, 0.4) is 0 Å². The average Bonchev–Trinajstić information content (AvgIpc) is 2.82. The number of halogens is 3. The molecule has 0 aromatic heterocycles. The van der Waals surface area contributed by atoms with E-state index < -0.39 is 28.5 Å². The quantitative estimate of drug-likeness (QED) is 0.374. The molecule has 0 radical (unpaired) electrons. The fourth-order valence-corrected chi connectivity index (χ4v) is 5.01. The summed E-state index contributed by atoms with van der Waals surface area (Å²) >= 11 is 18.4. The number of hydrogen-bond donors (Lipinski definition) is 1. The third-order valence-corrected chi connectivity index (χ3v) is 7.68. The van der Waals surface area contributed by atoms with E-state index in [4.69, 9.17) is 39.5 Å². The Kier molecular flexibility index (Phi) is 11.4. The third kappa shape index (κ3) is 8.67. The first-order chi connectivity index (χ1) is 17.3. The maximum Gasteiger partial charge on any atom is 0.244 e. The summed E-state index contributed by atoms with van der Waals surface area (Å²) in [5, 5.41) is 3.71. The molecule has 1 unspecified atom stereocenters. The lowest BCUT2D eigenvalue weighted by Gasteiger charge is -2.33. The topological polar surface area (TPSA) is 96.0 Å². The number of carbonyl (C=O) groups excluding carboxylic acids is 2. The van der Waals surface area contributed by atoms with Crippen LogP contribution in [0.5, 0.6) is 5.75 Å². The van der Waals surface area contributed by atoms with Crippen molar-refractivity contribution in [3.8, 4) is 5.75 Å². The molecule has 0 spiro atoms. The van der Waals surface area contributed by atoms with Crippen LogP contribution < -0.4 is 14.4 Å². The molecule has 0 aliphatic rings. The highest BCUT2D eigenvalue weighted by atomic mass is 35.5. The normalized spacial score (nSPS) is 12.2. The molecule has 1 atom stereocenters. The van der Waals surface area contributed by atoms with Crippen LogP contribution in [0.4, 0.5) is 5.69 Å². The average molecular weight is 593 g/mol. The van der Waals surface area contributed by atoms with Crippen molar-refractivity contribution in [3.63, 3.8) is 0 Å². The Labute approximate surface area is 233 Å². The molecule has 0 bridgehead atoms. The molecule has 2 rings (SSSR count). The number of anilines is 1. The zero-order chi connectivity index (χ0) is 27.9. The molecule has 0 saturated heterocycles. The van der Waals surface area contributed by atoms with Crippen LogP contribution in [0.15, 0.2) is 36.4 Å². The molecule has 2 amide bonds. The highest BCUT2D eigenvalue weighted by molar-refractivity contribution is 7.92. The smallest absolute Gasteiger partial charge is 0.244 e. The monoisotopic (exact) mass is 591 g/mol. The van der Waals surface area contributed by atoms with Gasteiger partial charge in [-0.3, -0.25) is 13.9 Å². The van der Waals surface area contributed by atoms with E-state index >= 15 is 0 Å². The first kappa shape index (κ1) is 31.0. The van der Waals surface area contributed by atoms with Crippen molar-refractivity contribution >= 4 is 62.3 Å². The second-order valence-electron chi connectivity index (χ2n) is 8.92. The maximum atomic E-state index is 13.7. The van der Waals surface area contributed by atoms with Crippen molar-refractivity contribution in [2.24, 2.45) is 5.92 Å². The zero-order valence-corrected chi connectivity index (χ0v) is 24.5. The summed E-state index contributed by atoms with van der Waals surface area (Å²) in [7, 11) is -2.46. The van der Waals surface area contributed by atoms with Crippen LogP contribution >= 0.6 is 34.8 Å². The Morgan fingerprint density at radius 1 is 1.03 bits per heavy atom. The largest absolute Gasteiger partial charge is 0.495 e. The van der Waals surface area contributed by atoms with Crippen molar-refractivity contribution < 1.29 is 22.7 Å². The van der Waals surface area contributed by atoms with E-state index in [2.05, 4.69) is 5.32 Å². The predicted octanol–water partition coefficient (Wildman–Crippen LogP) is 5.00. The minimum absolute atomic E-state index is 0.0182. The van der Waals surface area contributed by atoms with Gasteiger partial charge in [0.05, 0.1) is 34.1 Å². The molecule has 2 aromatic rings. The maximum absolute atomic E-state index is 13.7. The van der Waals surface area contributed by atoms with Crippen LogP contribution in [0, 0.1) is 5.92 Å². The lowest BCUT2D eigenvalue weighted by Crippen LogP contribution is -2.52. The van der Waals surface area contributed by atoms with Crippen molar-refractivity contribution in [1.82, 2.24) is 10.2 Å². The Hall–Kier alpha value is -2.20. The van der Waals surface area contributed by atoms with Gasteiger partial charge < -0.3 is 15.0 Å². The lowest BCUT2D eigenvalue weighted by molar-refractivity contribution is -0.140. The molecule has 2 aromatic carbocycles. The molecule has 0 aliphatic carbocycles. The number of nitrogens with zero attached hydrogens (tertiary/aromatic N) is 2. The van der Waals surface area contributed by atoms with Gasteiger partial charge in [-0.1, -0.05) is 61.6 Å². The van der Waals surface area contributed by atoms with Crippen molar-refractivity contribution in [1.29, 1.82) is 0 Å². The fourth-order valence-electron chi connectivity index (χ4n) is 3.60. The minimum Gasteiger partial charge on any atom is -0.495 e. The van der Waals surface area contributed by atoms with E-state index in [1.54, 1.807) is 25.1 Å². The molecule has 0 fully saturated rings. The van der Waals surface area contributed by atoms with E-state index in [1.807, 2.05) is 13.8 Å². The van der Waals surface area contributed by atoms with E-state index in [1.165, 1.54) is 30.2 Å². The first-order valence-corrected chi connectivity index (χ1v) is 14.6. The summed E-state index contributed by atoms with van der Waals surface area (Å²) in [4.78, 5) is 28.2. The molecular weight excluding hydrogens is 561 g/mol. The SMILES string of the molecule is CCC(C(=O)NCC(C)C)N(Cc1ccc(Cl)c(Cl)c1)C(=O)CN(c1ccc(OC)c(Cl)c1)S(C)(=O)=O. The van der Waals surface area contributed by atoms with E-state index in [0.29, 0.717) is 34.3 Å². The molecule has 204 valence electrons. The summed E-state index contributed by atoms with van der Waals surface area (Å²) in [6.45, 7) is 5.62. The number of ether oxygens (including phenoxy) is 1. The summed E-state index contributed by atoms with van der Waals surface area (Å²) < 4.78 is 31.5. The molecule has 0 saturated carbocycles. The Morgan fingerprint density at radius 2 is 1.70 bits per heavy atom. The Balaban J connectivity index is 2.47. The summed E-state index contributed by atoms with van der Waals surface area (Å²) in [5.74, 6) is -0.335. The number of sulfonamides is 1. The number of amides is 2. The summed E-state index contributed by atoms with van der Waals surface area (Å²) in [6, 6.07) is 8.48. The van der Waals surface area contributed by atoms with Gasteiger partial charge in [-0.2, -0.15) is 0 Å². The van der Waals surface area contributed by atoms with Crippen molar-refractivity contribution in [2.75, 3.05) is 30.8 Å². The number of methoxy groups -OCH3 is 1. The number of hydrogen-bond acceptors (Lipinski definition) is 5. The number of benzene rings is 2. The van der Waals surface area contributed by atoms with Gasteiger partial charge in [0.25, 0.3) is 0 Å². The first-order valence-electron chi connectivity index (χ1n) is 11.6. The molecular formula is C25H32Cl3N3O5S. The molecule has 1 N–H and O–H groups in total. The standard InChI is InChI=1S/C25H32Cl3N3O5S/c1-6-22(25(33)29-13-16(2)3)30(14-17-7-9-19(26)20(27)11-17)24(32)15-31(37(5,34)35)18-8-10-23(36-4)21(28)12-18/h7-12,16,22H,6,13-15H2,1-5H3,(H,29,33). The molecule has 0 heterocycles. The van der Waals surface area contributed by atoms with Gasteiger partial charge in [0, 0.05) is 13.1 Å². The van der Waals surface area contributed by atoms with Crippen molar-refractivity contribution in [3.05, 3.63) is 57.0 Å². The van der Waals surface area contributed by atoms with Crippen LogP contribution in [-0.2, 0) is 26.2 Å². The second kappa shape index (κ2) is 13.6. The van der Waals surface area contributed by atoms with E-state index in [9.17, 15) is 18.0 Å². The third-order valence-electron chi connectivity index (χ3n) is 5.51. The van der Waals surface area contributed by atoms with Crippen LogP contribution in [0.25, 0.3) is 0 Å². The van der Waals surface area contributed by atoms with Crippen LogP contribution in [0.1, 0.15) is 32.8 Å². The zero-order valence-electron chi connectivity index (χ0n) is 21.4. The minimum atomic E-state index is -3.89. The van der Waals surface area contributed by atoms with Gasteiger partial charge in [-0.15, -0.1) is 0 Å². The summed E-state index contributed by atoms with van der Waals surface area (Å²) in [6.07, 6.45) is 1.30. The highest BCUT2D eigenvalue weighted by Crippen LogP contribution is 2.30. The van der Waals surface area contributed by atoms with Gasteiger partial charge in [0.1, 0.15) is 18.3 Å². The van der Waals surface area contributed by atoms with Gasteiger partial charge in [0.15, 0.2) is 0 Å². The molecule has 12 heteroatoms. The Morgan fingerprint density at radius 3 is 2.22 bits per heavy atom. The number of carbonyl (C=O) groups is 2. The van der Waals surface area contributed by atoms with Crippen LogP contribution in [-0.4, -0.2) is 57.6 Å². The highest BCUT2D eigenvalue weighted by Gasteiger charge is 2.32. The molecule has 0 aliphatic heterocycles. The number of rotatable bonds is 12. The number of nitrogens with one attached hydrogen (secondary N) is 1. The van der Waals surface area contributed by atoms with Gasteiger partial charge in [0.2, 0.25) is 21.8 Å². The van der Waals surface area contributed by atoms with E-state index in [-0.39, 0.29) is 29.1 Å². The Bertz CT molecular complexity index is 1220. The van der Waals surface area contributed by atoms with Crippen LogP contribution in [0.2, 0.25) is 15.1 Å². The van der Waals surface area contributed by atoms with Crippen molar-refractivity contribution in [2.45, 2.75) is 39.8 Å².